The molecule has 0 nitrogen and oxygen atoms in total. The third-order valence-electron chi connectivity index (χ3n) is 1.86. The molecule has 0 bridgehead atoms. The van der Waals surface area contributed by atoms with Crippen LogP contribution >= 0.6 is 11.6 Å². The Morgan fingerprint density at radius 3 is 2.24 bits per heavy atom. The molecule has 1 aromatic rings. The quantitative estimate of drug-likeness (QED) is 0.480. The predicted molar refractivity (Wildman–Crippen MR) is 66.7 cm³/mol. The highest BCUT2D eigenvalue weighted by molar-refractivity contribution is 6.83. The second-order valence-corrected chi connectivity index (χ2v) is 9.87. The smallest absolute Gasteiger partial charge is 0.166 e. The van der Waals surface area contributed by atoms with Crippen LogP contribution < -0.4 is 0 Å². The Morgan fingerprint density at radius 1 is 1.18 bits per heavy atom. The molecule has 0 unspecified atom stereocenters. The lowest BCUT2D eigenvalue weighted by Crippen LogP contribution is -2.16. The van der Waals surface area contributed by atoms with E-state index in [-0.39, 0.29) is 10.6 Å². The fraction of sp³-hybridized carbons (Fsp3) is 0.333. The summed E-state index contributed by atoms with van der Waals surface area (Å²) in [5.74, 6) is 2.62. The van der Waals surface area contributed by atoms with Crippen molar-refractivity contribution >= 4 is 19.7 Å². The molecule has 0 aliphatic heterocycles. The van der Waals surface area contributed by atoms with Gasteiger partial charge in [0.05, 0.1) is 5.56 Å². The first kappa shape index (κ1) is 14.1. The predicted octanol–water partition coefficient (Wildman–Crippen LogP) is 4.59. The molecule has 17 heavy (non-hydrogen) atoms. The first-order valence-corrected chi connectivity index (χ1v) is 8.87. The number of hydrogen-bond donors (Lipinski definition) is 0. The third kappa shape index (κ3) is 4.45. The number of alkyl halides is 3. The second kappa shape index (κ2) is 4.75. The molecule has 0 aliphatic rings. The van der Waals surface area contributed by atoms with Crippen molar-refractivity contribution in [1.82, 2.24) is 0 Å². The van der Waals surface area contributed by atoms with Gasteiger partial charge in [0.1, 0.15) is 8.07 Å². The summed E-state index contributed by atoms with van der Waals surface area (Å²) in [5.41, 5.74) is 2.14. The average Bonchev–Trinajstić information content (AvgIpc) is 2.13. The Balaban J connectivity index is 3.29. The zero-order valence-electron chi connectivity index (χ0n) is 9.74. The fourth-order valence-electron chi connectivity index (χ4n) is 1.11. The average molecular weight is 277 g/mol. The van der Waals surface area contributed by atoms with Crippen LogP contribution in [0.25, 0.3) is 0 Å². The maximum Gasteiger partial charge on any atom is 0.417 e. The molecule has 0 amide bonds. The fourth-order valence-corrected chi connectivity index (χ4v) is 1.80. The molecule has 92 valence electrons. The van der Waals surface area contributed by atoms with Gasteiger partial charge in [-0.3, -0.25) is 0 Å². The van der Waals surface area contributed by atoms with Gasteiger partial charge < -0.3 is 0 Å². The van der Waals surface area contributed by atoms with Crippen LogP contribution in [0.5, 0.6) is 0 Å². The van der Waals surface area contributed by atoms with Crippen molar-refractivity contribution in [1.29, 1.82) is 0 Å². The number of rotatable bonds is 0. The summed E-state index contributed by atoms with van der Waals surface area (Å²) in [4.78, 5) is 0. The summed E-state index contributed by atoms with van der Waals surface area (Å²) in [6.07, 6.45) is -4.42. The van der Waals surface area contributed by atoms with Gasteiger partial charge in [-0.1, -0.05) is 37.2 Å². The van der Waals surface area contributed by atoms with Gasteiger partial charge in [-0.25, -0.2) is 0 Å². The molecule has 1 aromatic carbocycles. The standard InChI is InChI=1S/C12H12ClF3Si/c1-17(2,3)7-6-9-4-5-10(13)8-11(9)12(14,15)16/h4-5,8H,1-3H3. The molecule has 0 aliphatic carbocycles. The normalized spacial score (nSPS) is 11.9. The minimum absolute atomic E-state index is 0.00988. The van der Waals surface area contributed by atoms with Crippen molar-refractivity contribution in [2.45, 2.75) is 25.8 Å². The minimum atomic E-state index is -4.42. The molecule has 5 heteroatoms. The summed E-state index contributed by atoms with van der Waals surface area (Å²) in [6, 6.07) is 3.65. The Hall–Kier alpha value is -0.923. The Bertz CT molecular complexity index is 475. The Kier molecular flexibility index (Phi) is 3.95. The monoisotopic (exact) mass is 276 g/mol. The number of halogens is 4. The molecule has 0 aromatic heterocycles. The van der Waals surface area contributed by atoms with E-state index in [1.165, 1.54) is 12.1 Å². The van der Waals surface area contributed by atoms with Crippen LogP contribution in [0.2, 0.25) is 24.7 Å². The lowest BCUT2D eigenvalue weighted by atomic mass is 10.1. The summed E-state index contributed by atoms with van der Waals surface area (Å²) in [5, 5.41) is 0.0656. The summed E-state index contributed by atoms with van der Waals surface area (Å²) in [7, 11) is -1.70. The lowest BCUT2D eigenvalue weighted by molar-refractivity contribution is -0.137. The largest absolute Gasteiger partial charge is 0.417 e. The van der Waals surface area contributed by atoms with Crippen molar-refractivity contribution in [3.05, 3.63) is 34.3 Å². The van der Waals surface area contributed by atoms with E-state index in [9.17, 15) is 13.2 Å². The zero-order valence-corrected chi connectivity index (χ0v) is 11.5. The van der Waals surface area contributed by atoms with Crippen LogP contribution in [0.4, 0.5) is 13.2 Å². The zero-order chi connectivity index (χ0) is 13.3. The maximum absolute atomic E-state index is 12.7. The number of benzene rings is 1. The van der Waals surface area contributed by atoms with Gasteiger partial charge in [0.25, 0.3) is 0 Å². The van der Waals surface area contributed by atoms with E-state index in [4.69, 9.17) is 11.6 Å². The van der Waals surface area contributed by atoms with E-state index in [1.54, 1.807) is 0 Å². The highest BCUT2D eigenvalue weighted by Gasteiger charge is 2.33. The van der Waals surface area contributed by atoms with Gasteiger partial charge >= 0.3 is 6.18 Å². The molecule has 0 atom stereocenters. The first-order valence-electron chi connectivity index (χ1n) is 4.99. The van der Waals surface area contributed by atoms with Crippen LogP contribution in [-0.4, -0.2) is 8.07 Å². The molecule has 0 saturated heterocycles. The summed E-state index contributed by atoms with van der Waals surface area (Å²) in [6.45, 7) is 5.93. The Morgan fingerprint density at radius 2 is 1.76 bits per heavy atom. The van der Waals surface area contributed by atoms with E-state index in [0.717, 1.165) is 6.07 Å². The van der Waals surface area contributed by atoms with Gasteiger partial charge in [-0.15, -0.1) is 5.54 Å². The van der Waals surface area contributed by atoms with E-state index in [2.05, 4.69) is 11.5 Å². The van der Waals surface area contributed by atoms with Crippen molar-refractivity contribution in [2.75, 3.05) is 0 Å². The molecule has 0 heterocycles. The highest BCUT2D eigenvalue weighted by atomic mass is 35.5. The van der Waals surface area contributed by atoms with E-state index in [0.29, 0.717) is 0 Å². The topological polar surface area (TPSA) is 0 Å². The van der Waals surface area contributed by atoms with Gasteiger partial charge in [0, 0.05) is 10.6 Å². The van der Waals surface area contributed by atoms with Crippen molar-refractivity contribution < 1.29 is 13.2 Å². The third-order valence-corrected chi connectivity index (χ3v) is 2.97. The molecule has 0 saturated carbocycles. The van der Waals surface area contributed by atoms with Gasteiger partial charge in [-0.05, 0) is 18.2 Å². The molecule has 0 radical (unpaired) electrons. The Labute approximate surface area is 105 Å². The summed E-state index contributed by atoms with van der Waals surface area (Å²) >= 11 is 5.57. The van der Waals surface area contributed by atoms with Crippen molar-refractivity contribution in [3.63, 3.8) is 0 Å². The lowest BCUT2D eigenvalue weighted by Gasteiger charge is -2.10. The van der Waals surface area contributed by atoms with Crippen LogP contribution in [0.1, 0.15) is 11.1 Å². The molecule has 0 N–H and O–H groups in total. The highest BCUT2D eigenvalue weighted by Crippen LogP contribution is 2.33. The second-order valence-electron chi connectivity index (χ2n) is 4.69. The van der Waals surface area contributed by atoms with Crippen LogP contribution in [0.3, 0.4) is 0 Å². The number of hydrogen-bond acceptors (Lipinski definition) is 0. The van der Waals surface area contributed by atoms with Gasteiger partial charge in [0.2, 0.25) is 0 Å². The van der Waals surface area contributed by atoms with Crippen LogP contribution in [0, 0.1) is 11.5 Å². The summed E-state index contributed by atoms with van der Waals surface area (Å²) < 4.78 is 38.2. The van der Waals surface area contributed by atoms with E-state index < -0.39 is 19.8 Å². The van der Waals surface area contributed by atoms with Gasteiger partial charge in [-0.2, -0.15) is 13.2 Å². The minimum Gasteiger partial charge on any atom is -0.166 e. The van der Waals surface area contributed by atoms with Crippen LogP contribution in [0.15, 0.2) is 18.2 Å². The SMILES string of the molecule is C[Si](C)(C)C#Cc1ccc(Cl)cc1C(F)(F)F. The van der Waals surface area contributed by atoms with Crippen LogP contribution in [-0.2, 0) is 6.18 Å². The van der Waals surface area contributed by atoms with Crippen molar-refractivity contribution in [3.8, 4) is 11.5 Å². The first-order chi connectivity index (χ1) is 7.59. The maximum atomic E-state index is 12.7. The molecule has 0 spiro atoms. The van der Waals surface area contributed by atoms with E-state index in [1.807, 2.05) is 19.6 Å². The molecular weight excluding hydrogens is 265 g/mol. The van der Waals surface area contributed by atoms with Gasteiger partial charge in [0.15, 0.2) is 0 Å². The van der Waals surface area contributed by atoms with Crippen molar-refractivity contribution in [2.24, 2.45) is 0 Å². The molecular formula is C12H12ClF3Si. The molecule has 0 fully saturated rings. The molecule has 1 rings (SSSR count). The van der Waals surface area contributed by atoms with E-state index >= 15 is 0 Å².